The summed E-state index contributed by atoms with van der Waals surface area (Å²) < 4.78 is 0. The summed E-state index contributed by atoms with van der Waals surface area (Å²) in [6, 6.07) is 16.1. The number of carbonyl (C=O) groups is 2. The van der Waals surface area contributed by atoms with E-state index in [1.165, 1.54) is 0 Å². The third-order valence-corrected chi connectivity index (χ3v) is 5.89. The molecule has 24 heavy (non-hydrogen) atoms. The fourth-order valence-corrected chi connectivity index (χ4v) is 4.11. The Morgan fingerprint density at radius 2 is 1.79 bits per heavy atom. The number of carboxylic acid groups (broad SMARTS) is 1. The van der Waals surface area contributed by atoms with Crippen LogP contribution in [0.3, 0.4) is 0 Å². The van der Waals surface area contributed by atoms with Gasteiger partial charge in [-0.05, 0) is 41.0 Å². The molecule has 2 unspecified atom stereocenters. The van der Waals surface area contributed by atoms with Gasteiger partial charge in [-0.2, -0.15) is 0 Å². The SMILES string of the molecule is Cc1c(CC2(C(=O)O)C(C=O)C2(C)C)cccc1-c1ccccc1. The molecule has 1 N–H and O–H groups in total. The highest BCUT2D eigenvalue weighted by molar-refractivity contribution is 5.88. The van der Waals surface area contributed by atoms with Crippen LogP contribution in [-0.2, 0) is 16.0 Å². The maximum atomic E-state index is 12.0. The van der Waals surface area contributed by atoms with Gasteiger partial charge in [0.25, 0.3) is 0 Å². The number of benzene rings is 2. The molecule has 0 aliphatic heterocycles. The van der Waals surface area contributed by atoms with Gasteiger partial charge < -0.3 is 9.90 Å². The van der Waals surface area contributed by atoms with E-state index < -0.39 is 22.7 Å². The van der Waals surface area contributed by atoms with Gasteiger partial charge >= 0.3 is 5.97 Å². The molecule has 0 saturated heterocycles. The third-order valence-electron chi connectivity index (χ3n) is 5.89. The predicted octanol–water partition coefficient (Wildman–Crippen LogP) is 4.13. The van der Waals surface area contributed by atoms with Crippen LogP contribution in [0.15, 0.2) is 48.5 Å². The second kappa shape index (κ2) is 5.59. The lowest BCUT2D eigenvalue weighted by Crippen LogP contribution is -2.25. The van der Waals surface area contributed by atoms with Gasteiger partial charge in [-0.1, -0.05) is 62.4 Å². The molecular formula is C21H22O3. The van der Waals surface area contributed by atoms with Gasteiger partial charge in [-0.25, -0.2) is 0 Å². The number of carbonyl (C=O) groups excluding carboxylic acids is 1. The van der Waals surface area contributed by atoms with E-state index in [1.54, 1.807) is 0 Å². The largest absolute Gasteiger partial charge is 0.481 e. The summed E-state index contributed by atoms with van der Waals surface area (Å²) in [6.45, 7) is 5.77. The van der Waals surface area contributed by atoms with Crippen molar-refractivity contribution in [3.8, 4) is 11.1 Å². The number of carboxylic acids is 1. The van der Waals surface area contributed by atoms with Gasteiger partial charge in [0.05, 0.1) is 5.41 Å². The van der Waals surface area contributed by atoms with E-state index >= 15 is 0 Å². The third kappa shape index (κ3) is 2.19. The maximum Gasteiger partial charge on any atom is 0.311 e. The average molecular weight is 322 g/mol. The summed E-state index contributed by atoms with van der Waals surface area (Å²) in [5, 5.41) is 9.82. The number of aliphatic carboxylic acids is 1. The minimum Gasteiger partial charge on any atom is -0.481 e. The lowest BCUT2D eigenvalue weighted by atomic mass is 9.85. The summed E-state index contributed by atoms with van der Waals surface area (Å²) in [4.78, 5) is 23.4. The minimum absolute atomic E-state index is 0.380. The van der Waals surface area contributed by atoms with Gasteiger partial charge in [0.1, 0.15) is 6.29 Å². The zero-order valence-electron chi connectivity index (χ0n) is 14.2. The Morgan fingerprint density at radius 3 is 2.33 bits per heavy atom. The molecule has 0 aromatic heterocycles. The standard InChI is InChI=1S/C21H22O3/c1-14-16(10-7-11-17(14)15-8-5-4-6-9-15)12-21(19(23)24)18(13-22)20(21,2)3/h4-11,13,18H,12H2,1-3H3,(H,23,24). The molecule has 1 saturated carbocycles. The number of rotatable bonds is 5. The van der Waals surface area contributed by atoms with Gasteiger partial charge in [-0.3, -0.25) is 4.79 Å². The topological polar surface area (TPSA) is 54.4 Å². The fourth-order valence-electron chi connectivity index (χ4n) is 4.11. The zero-order chi connectivity index (χ0) is 17.5. The summed E-state index contributed by atoms with van der Waals surface area (Å²) in [6.07, 6.45) is 1.19. The van der Waals surface area contributed by atoms with Crippen molar-refractivity contribution in [1.29, 1.82) is 0 Å². The molecule has 1 aliphatic rings. The van der Waals surface area contributed by atoms with Crippen molar-refractivity contribution in [3.63, 3.8) is 0 Å². The molecule has 0 amide bonds. The van der Waals surface area contributed by atoms with Crippen LogP contribution in [0.1, 0.15) is 25.0 Å². The Labute approximate surface area is 142 Å². The molecular weight excluding hydrogens is 300 g/mol. The van der Waals surface area contributed by atoms with Crippen molar-refractivity contribution < 1.29 is 14.7 Å². The van der Waals surface area contributed by atoms with Gasteiger partial charge in [-0.15, -0.1) is 0 Å². The van der Waals surface area contributed by atoms with Crippen molar-refractivity contribution in [2.24, 2.45) is 16.7 Å². The predicted molar refractivity (Wildman–Crippen MR) is 93.7 cm³/mol. The van der Waals surface area contributed by atoms with Gasteiger partial charge in [0.15, 0.2) is 0 Å². The van der Waals surface area contributed by atoms with Crippen LogP contribution < -0.4 is 0 Å². The first-order valence-electron chi connectivity index (χ1n) is 8.19. The number of hydrogen-bond acceptors (Lipinski definition) is 2. The monoisotopic (exact) mass is 322 g/mol. The Morgan fingerprint density at radius 1 is 1.12 bits per heavy atom. The molecule has 2 atom stereocenters. The molecule has 0 heterocycles. The minimum atomic E-state index is -1.01. The van der Waals surface area contributed by atoms with Crippen LogP contribution in [0.25, 0.3) is 11.1 Å². The zero-order valence-corrected chi connectivity index (χ0v) is 14.2. The van der Waals surface area contributed by atoms with Crippen LogP contribution in [-0.4, -0.2) is 17.4 Å². The van der Waals surface area contributed by atoms with E-state index in [0.717, 1.165) is 28.5 Å². The van der Waals surface area contributed by atoms with Crippen LogP contribution >= 0.6 is 0 Å². The highest BCUT2D eigenvalue weighted by Crippen LogP contribution is 2.69. The van der Waals surface area contributed by atoms with Crippen molar-refractivity contribution >= 4 is 12.3 Å². The maximum absolute atomic E-state index is 12.0. The molecule has 0 radical (unpaired) electrons. The van der Waals surface area contributed by atoms with E-state index in [1.807, 2.05) is 63.2 Å². The van der Waals surface area contributed by atoms with Crippen LogP contribution in [0, 0.1) is 23.7 Å². The van der Waals surface area contributed by atoms with E-state index in [0.29, 0.717) is 6.42 Å². The van der Waals surface area contributed by atoms with E-state index in [-0.39, 0.29) is 0 Å². The molecule has 1 aliphatic carbocycles. The van der Waals surface area contributed by atoms with E-state index in [4.69, 9.17) is 0 Å². The Hall–Kier alpha value is -2.42. The molecule has 1 fully saturated rings. The van der Waals surface area contributed by atoms with Gasteiger partial charge in [0, 0.05) is 5.92 Å². The normalized spacial score (nSPS) is 24.4. The Kier molecular flexibility index (Phi) is 3.83. The molecule has 3 heteroatoms. The summed E-state index contributed by atoms with van der Waals surface area (Å²) in [7, 11) is 0. The lowest BCUT2D eigenvalue weighted by Gasteiger charge is -2.18. The van der Waals surface area contributed by atoms with E-state index in [2.05, 4.69) is 6.07 Å². The van der Waals surface area contributed by atoms with Crippen molar-refractivity contribution in [1.82, 2.24) is 0 Å². The van der Waals surface area contributed by atoms with Crippen LogP contribution in [0.5, 0.6) is 0 Å². The quantitative estimate of drug-likeness (QED) is 0.842. The van der Waals surface area contributed by atoms with E-state index in [9.17, 15) is 14.7 Å². The average Bonchev–Trinajstić information content (AvgIpc) is 3.05. The number of hydrogen-bond donors (Lipinski definition) is 1. The first-order chi connectivity index (χ1) is 11.4. The Balaban J connectivity index is 2.03. The molecule has 3 rings (SSSR count). The second-order valence-corrected chi connectivity index (χ2v) is 7.24. The molecule has 0 bridgehead atoms. The van der Waals surface area contributed by atoms with Crippen LogP contribution in [0.2, 0.25) is 0 Å². The highest BCUT2D eigenvalue weighted by Gasteiger charge is 2.75. The summed E-state index contributed by atoms with van der Waals surface area (Å²) in [5.41, 5.74) is 2.77. The smallest absolute Gasteiger partial charge is 0.311 e. The first-order valence-corrected chi connectivity index (χ1v) is 8.19. The molecule has 124 valence electrons. The summed E-state index contributed by atoms with van der Waals surface area (Å²) >= 11 is 0. The Bertz CT molecular complexity index is 792. The second-order valence-electron chi connectivity index (χ2n) is 7.24. The first kappa shape index (κ1) is 16.4. The number of aldehydes is 1. The molecule has 2 aromatic carbocycles. The van der Waals surface area contributed by atoms with Crippen LogP contribution in [0.4, 0.5) is 0 Å². The van der Waals surface area contributed by atoms with Crippen molar-refractivity contribution in [2.75, 3.05) is 0 Å². The fraction of sp³-hybridized carbons (Fsp3) is 0.333. The molecule has 2 aromatic rings. The van der Waals surface area contributed by atoms with Crippen molar-refractivity contribution in [2.45, 2.75) is 27.2 Å². The van der Waals surface area contributed by atoms with Crippen molar-refractivity contribution in [3.05, 3.63) is 59.7 Å². The summed E-state index contributed by atoms with van der Waals surface area (Å²) in [5.74, 6) is -1.32. The van der Waals surface area contributed by atoms with Gasteiger partial charge in [0.2, 0.25) is 0 Å². The lowest BCUT2D eigenvalue weighted by molar-refractivity contribution is -0.145. The molecule has 0 spiro atoms. The highest BCUT2D eigenvalue weighted by atomic mass is 16.4. The molecule has 3 nitrogen and oxygen atoms in total.